The van der Waals surface area contributed by atoms with Crippen LogP contribution in [0.1, 0.15) is 157 Å². The van der Waals surface area contributed by atoms with E-state index in [2.05, 4.69) is 69.1 Å². The molecule has 0 spiro atoms. The van der Waals surface area contributed by atoms with E-state index >= 15 is 0 Å². The third kappa shape index (κ3) is 6.46. The van der Waals surface area contributed by atoms with E-state index in [0.29, 0.717) is 48.7 Å². The number of carbonyl (C=O) groups excluding carboxylic acids is 3. The number of carboxylic acid groups (broad SMARTS) is 1. The third-order valence-corrected chi connectivity index (χ3v) is 18.1. The summed E-state index contributed by atoms with van der Waals surface area (Å²) in [4.78, 5) is 59.3. The van der Waals surface area contributed by atoms with Crippen molar-refractivity contribution >= 4 is 23.6 Å². The summed E-state index contributed by atoms with van der Waals surface area (Å²) in [6.45, 7) is 26.1. The molecule has 0 radical (unpaired) electrons. The lowest BCUT2D eigenvalue weighted by molar-refractivity contribution is -0.236. The van der Waals surface area contributed by atoms with Gasteiger partial charge in [0.25, 0.3) is 5.91 Å². The lowest BCUT2D eigenvalue weighted by Gasteiger charge is -2.72. The molecule has 1 amide bonds. The number of ketones is 1. The van der Waals surface area contributed by atoms with Crippen molar-refractivity contribution in [3.05, 3.63) is 29.4 Å². The molecule has 1 heterocycles. The second-order valence-corrected chi connectivity index (χ2v) is 22.5. The van der Waals surface area contributed by atoms with Gasteiger partial charge in [-0.15, -0.1) is 0 Å². The monoisotopic (exact) mass is 789 g/mol. The van der Waals surface area contributed by atoms with Gasteiger partial charge in [0.2, 0.25) is 0 Å². The summed E-state index contributed by atoms with van der Waals surface area (Å²) in [5, 5.41) is 16.4. The number of carboxylic acids is 1. The van der Waals surface area contributed by atoms with Crippen molar-refractivity contribution in [3.63, 3.8) is 0 Å². The van der Waals surface area contributed by atoms with Crippen LogP contribution in [0.4, 0.5) is 0 Å². The molecule has 0 aliphatic heterocycles. The molecule has 0 saturated heterocycles. The Bertz CT molecular complexity index is 1810. The van der Waals surface area contributed by atoms with Crippen molar-refractivity contribution in [2.24, 2.45) is 68.0 Å². The van der Waals surface area contributed by atoms with Crippen LogP contribution in [0.3, 0.4) is 0 Å². The Balaban J connectivity index is 1.08. The van der Waals surface area contributed by atoms with Crippen LogP contribution in [0, 0.1) is 68.0 Å². The van der Waals surface area contributed by atoms with Crippen LogP contribution < -0.4 is 10.6 Å². The molecule has 10 atom stereocenters. The number of esters is 1. The number of Topliss-reactive ketones (excluding diaryl/α,β-unsaturated/α-hetero) is 1. The topological polar surface area (TPSA) is 150 Å². The molecule has 57 heavy (non-hydrogen) atoms. The van der Waals surface area contributed by atoms with Crippen molar-refractivity contribution in [1.82, 2.24) is 20.6 Å². The smallest absolute Gasteiger partial charge is 0.309 e. The number of carbonyl (C=O) groups is 4. The number of ether oxygens (including phenoxy) is 1. The number of nitrogens with zero attached hydrogens (tertiary/aromatic N) is 1. The number of fused-ring (bicyclic) bond motifs is 7. The molecule has 1 aromatic rings. The van der Waals surface area contributed by atoms with E-state index in [1.165, 1.54) is 5.57 Å². The molecular weight excluding hydrogens is 717 g/mol. The number of hydrogen-bond acceptors (Lipinski definition) is 7. The Labute approximate surface area is 341 Å². The van der Waals surface area contributed by atoms with Crippen LogP contribution in [0.25, 0.3) is 0 Å². The van der Waals surface area contributed by atoms with Gasteiger partial charge in [0.15, 0.2) is 11.6 Å². The number of aliphatic carboxylic acids is 1. The molecule has 0 bridgehead atoms. The Morgan fingerprint density at radius 2 is 1.65 bits per heavy atom. The summed E-state index contributed by atoms with van der Waals surface area (Å²) in [6, 6.07) is 0. The van der Waals surface area contributed by atoms with E-state index in [0.717, 1.165) is 69.9 Å². The second kappa shape index (κ2) is 14.0. The van der Waals surface area contributed by atoms with E-state index in [9.17, 15) is 24.3 Å². The van der Waals surface area contributed by atoms with Crippen molar-refractivity contribution in [3.8, 4) is 0 Å². The molecule has 4 N–H and O–H groups in total. The van der Waals surface area contributed by atoms with Gasteiger partial charge in [-0.05, 0) is 136 Å². The number of amides is 1. The zero-order valence-corrected chi connectivity index (χ0v) is 36.8. The Hall–Kier alpha value is -3.01. The second-order valence-electron chi connectivity index (χ2n) is 22.5. The highest BCUT2D eigenvalue weighted by Gasteiger charge is 2.70. The lowest BCUT2D eigenvalue weighted by atomic mass is 9.33. The molecule has 5 saturated carbocycles. The normalized spacial score (nSPS) is 39.3. The first-order valence-electron chi connectivity index (χ1n) is 22.2. The molecule has 6 aliphatic rings. The van der Waals surface area contributed by atoms with Crippen LogP contribution in [-0.4, -0.2) is 63.4 Å². The van der Waals surface area contributed by atoms with Crippen LogP contribution in [0.15, 0.2) is 23.5 Å². The van der Waals surface area contributed by atoms with Gasteiger partial charge in [0.05, 0.1) is 11.8 Å². The van der Waals surface area contributed by atoms with E-state index in [1.54, 1.807) is 12.4 Å². The van der Waals surface area contributed by atoms with E-state index < -0.39 is 22.8 Å². The molecule has 0 unspecified atom stereocenters. The van der Waals surface area contributed by atoms with E-state index in [1.807, 2.05) is 27.7 Å². The number of aromatic nitrogens is 2. The summed E-state index contributed by atoms with van der Waals surface area (Å²) < 4.78 is 6.43. The minimum absolute atomic E-state index is 0.0724. The van der Waals surface area contributed by atoms with Crippen LogP contribution in [0.2, 0.25) is 0 Å². The maximum absolute atomic E-state index is 14.1. The molecule has 10 nitrogen and oxygen atoms in total. The fourth-order valence-electron chi connectivity index (χ4n) is 14.7. The van der Waals surface area contributed by atoms with Gasteiger partial charge in [-0.2, -0.15) is 0 Å². The molecule has 5 fully saturated rings. The average molecular weight is 789 g/mol. The Morgan fingerprint density at radius 1 is 0.930 bits per heavy atom. The fourth-order valence-corrected chi connectivity index (χ4v) is 14.7. The predicted molar refractivity (Wildman–Crippen MR) is 220 cm³/mol. The van der Waals surface area contributed by atoms with Gasteiger partial charge < -0.3 is 25.5 Å². The number of imidazole rings is 1. The first-order valence-corrected chi connectivity index (χ1v) is 22.2. The van der Waals surface area contributed by atoms with Gasteiger partial charge in [-0.25, -0.2) is 4.98 Å². The molecule has 7 rings (SSSR count). The predicted octanol–water partition coefficient (Wildman–Crippen LogP) is 8.54. The highest BCUT2D eigenvalue weighted by Crippen LogP contribution is 2.77. The molecule has 1 aromatic heterocycles. The average Bonchev–Trinajstić information content (AvgIpc) is 3.74. The van der Waals surface area contributed by atoms with Crippen LogP contribution >= 0.6 is 0 Å². The van der Waals surface area contributed by atoms with Gasteiger partial charge >= 0.3 is 11.9 Å². The highest BCUT2D eigenvalue weighted by molar-refractivity contribution is 6.00. The zero-order chi connectivity index (χ0) is 41.7. The van der Waals surface area contributed by atoms with Crippen molar-refractivity contribution < 1.29 is 29.0 Å². The van der Waals surface area contributed by atoms with E-state index in [4.69, 9.17) is 4.74 Å². The standard InChI is InChI=1S/C47H72N4O6/c1-27(2)35-31(52)25-47(20-21-48-26-41(3,4)51-38(53)37-49-22-23-50-37)19-18-45(10)28(36(35)47)12-13-33-44(9)16-15-34(43(7,8)32(44)14-17-46(33,45)11)57-40(56)30-24-29(39(54)55)42(30,5)6/h22-23,27-30,32-34,48H,12-21,24-26H2,1-11H3,(H,49,50)(H,51,53)(H,54,55)/t28-,29+,30-,32+,33-,34+,44+,45-,46-,47-/m1/s1. The maximum Gasteiger partial charge on any atom is 0.309 e. The summed E-state index contributed by atoms with van der Waals surface area (Å²) in [5.74, 6) is 0.0524. The van der Waals surface area contributed by atoms with Gasteiger partial charge in [0.1, 0.15) is 6.10 Å². The quantitative estimate of drug-likeness (QED) is 0.129. The first kappa shape index (κ1) is 42.1. The summed E-state index contributed by atoms with van der Waals surface area (Å²) in [5.41, 5.74) is 1.51. The number of hydrogen-bond donors (Lipinski definition) is 4. The van der Waals surface area contributed by atoms with E-state index in [-0.39, 0.29) is 56.9 Å². The highest BCUT2D eigenvalue weighted by atomic mass is 16.5. The summed E-state index contributed by atoms with van der Waals surface area (Å²) in [7, 11) is 0. The number of allylic oxidation sites excluding steroid dienone is 2. The van der Waals surface area contributed by atoms with Gasteiger partial charge in [-0.1, -0.05) is 67.9 Å². The zero-order valence-electron chi connectivity index (χ0n) is 36.8. The van der Waals surface area contributed by atoms with Gasteiger partial charge in [0, 0.05) is 41.7 Å². The SMILES string of the molecule is CC(C)C1=C2[C@H]3CC[C@@H]4[C@@]5(C)CC[C@H](OC(=O)[C@H]6C[C@@H](C(=O)O)C6(C)C)C(C)(C)[C@@H]5CC[C@@]4(C)[C@]3(C)CC[C@@]2(CCNCC(C)(C)NC(=O)c2ncc[nH]2)CC1=O. The van der Waals surface area contributed by atoms with Crippen LogP contribution in [-0.2, 0) is 19.1 Å². The van der Waals surface area contributed by atoms with Crippen molar-refractivity contribution in [1.29, 1.82) is 0 Å². The number of rotatable bonds is 11. The Morgan fingerprint density at radius 3 is 2.28 bits per heavy atom. The molecule has 316 valence electrons. The summed E-state index contributed by atoms with van der Waals surface area (Å²) >= 11 is 0. The largest absolute Gasteiger partial charge is 0.481 e. The minimum atomic E-state index is -0.825. The molecule has 10 heteroatoms. The number of H-pyrrole nitrogens is 1. The number of nitrogens with one attached hydrogen (secondary N) is 3. The van der Waals surface area contributed by atoms with Crippen molar-refractivity contribution in [2.75, 3.05) is 13.1 Å². The third-order valence-electron chi connectivity index (χ3n) is 18.1. The van der Waals surface area contributed by atoms with Crippen molar-refractivity contribution in [2.45, 2.75) is 158 Å². The molecule has 0 aromatic carbocycles. The number of aromatic amines is 1. The molecule has 6 aliphatic carbocycles. The summed E-state index contributed by atoms with van der Waals surface area (Å²) in [6.07, 6.45) is 13.5. The lowest BCUT2D eigenvalue weighted by Crippen LogP contribution is -2.66. The first-order chi connectivity index (χ1) is 26.5. The molecular formula is C47H72N4O6. The van der Waals surface area contributed by atoms with Gasteiger partial charge in [-0.3, -0.25) is 19.2 Å². The Kier molecular flexibility index (Phi) is 10.4. The van der Waals surface area contributed by atoms with Crippen LogP contribution in [0.5, 0.6) is 0 Å². The maximum atomic E-state index is 14.1. The fraction of sp³-hybridized carbons (Fsp3) is 0.809. The minimum Gasteiger partial charge on any atom is -0.481 e.